The van der Waals surface area contributed by atoms with Crippen molar-refractivity contribution in [3.63, 3.8) is 0 Å². The van der Waals surface area contributed by atoms with Crippen molar-refractivity contribution in [2.45, 2.75) is 30.5 Å². The average Bonchev–Trinajstić information content (AvgIpc) is 3.25. The molecule has 0 heterocycles. The summed E-state index contributed by atoms with van der Waals surface area (Å²) in [7, 11) is 0. The summed E-state index contributed by atoms with van der Waals surface area (Å²) in [5.74, 6) is 0.966. The van der Waals surface area contributed by atoms with E-state index in [-0.39, 0.29) is 0 Å². The lowest BCUT2D eigenvalue weighted by Crippen LogP contribution is -1.93. The van der Waals surface area contributed by atoms with Gasteiger partial charge in [0.2, 0.25) is 0 Å². The lowest BCUT2D eigenvalue weighted by atomic mass is 10.0. The fourth-order valence-corrected chi connectivity index (χ4v) is 3.29. The fourth-order valence-electron chi connectivity index (χ4n) is 2.46. The first kappa shape index (κ1) is 12.9. The maximum Gasteiger partial charge on any atom is 0.0397 e. The zero-order chi connectivity index (χ0) is 13.1. The van der Waals surface area contributed by atoms with Gasteiger partial charge in [0.15, 0.2) is 0 Å². The number of halogens is 1. The molecule has 0 radical (unpaired) electrons. The maximum absolute atomic E-state index is 3.82. The van der Waals surface area contributed by atoms with Gasteiger partial charge in [-0.1, -0.05) is 83.4 Å². The number of hydrogen-bond acceptors (Lipinski definition) is 0. The van der Waals surface area contributed by atoms with Crippen LogP contribution in [0, 0.1) is 5.92 Å². The topological polar surface area (TPSA) is 0 Å². The average molecular weight is 315 g/mol. The van der Waals surface area contributed by atoms with Crippen LogP contribution >= 0.6 is 15.9 Å². The van der Waals surface area contributed by atoms with Gasteiger partial charge in [-0.15, -0.1) is 0 Å². The Morgan fingerprint density at radius 1 is 0.895 bits per heavy atom. The summed E-state index contributed by atoms with van der Waals surface area (Å²) in [5, 5.41) is 0. The Hall–Kier alpha value is -1.08. The summed E-state index contributed by atoms with van der Waals surface area (Å²) in [6, 6.07) is 19.7. The highest BCUT2D eigenvalue weighted by atomic mass is 79.9. The molecule has 1 atom stereocenters. The van der Waals surface area contributed by atoms with Gasteiger partial charge in [-0.25, -0.2) is 0 Å². The van der Waals surface area contributed by atoms with E-state index in [9.17, 15) is 0 Å². The number of rotatable bonds is 5. The van der Waals surface area contributed by atoms with Gasteiger partial charge >= 0.3 is 0 Å². The monoisotopic (exact) mass is 314 g/mol. The van der Waals surface area contributed by atoms with Crippen LogP contribution in [0.4, 0.5) is 0 Å². The molecular formula is C18H19Br. The largest absolute Gasteiger partial charge is 0.0839 e. The van der Waals surface area contributed by atoms with Crippen molar-refractivity contribution < 1.29 is 0 Å². The molecule has 0 nitrogen and oxygen atoms in total. The predicted octanol–water partition coefficient (Wildman–Crippen LogP) is 5.51. The van der Waals surface area contributed by atoms with Gasteiger partial charge < -0.3 is 0 Å². The Labute approximate surface area is 124 Å². The van der Waals surface area contributed by atoms with Crippen molar-refractivity contribution in [1.82, 2.24) is 0 Å². The van der Waals surface area contributed by atoms with Crippen molar-refractivity contribution in [3.8, 4) is 0 Å². The zero-order valence-corrected chi connectivity index (χ0v) is 12.6. The Bertz CT molecular complexity index is 511. The maximum atomic E-state index is 3.82. The minimum absolute atomic E-state index is 0.533. The highest BCUT2D eigenvalue weighted by Gasteiger charge is 2.24. The standard InChI is InChI=1S/C18H19Br/c19-18(13-16-6-7-16)17-10-8-15(9-11-17)12-14-4-2-1-3-5-14/h1-5,8-11,16,18H,6-7,12-13H2. The molecule has 1 aliphatic carbocycles. The predicted molar refractivity (Wildman–Crippen MR) is 84.7 cm³/mol. The van der Waals surface area contributed by atoms with Crippen LogP contribution in [0.2, 0.25) is 0 Å². The Balaban J connectivity index is 1.64. The van der Waals surface area contributed by atoms with Gasteiger partial charge in [-0.3, -0.25) is 0 Å². The molecule has 0 aromatic heterocycles. The lowest BCUT2D eigenvalue weighted by molar-refractivity contribution is 0.721. The third-order valence-corrected chi connectivity index (χ3v) is 4.73. The van der Waals surface area contributed by atoms with Crippen molar-refractivity contribution in [2.24, 2.45) is 5.92 Å². The first-order valence-electron chi connectivity index (χ1n) is 7.08. The van der Waals surface area contributed by atoms with Gasteiger partial charge in [0.25, 0.3) is 0 Å². The smallest absolute Gasteiger partial charge is 0.0397 e. The first-order valence-corrected chi connectivity index (χ1v) is 7.99. The first-order chi connectivity index (χ1) is 9.31. The van der Waals surface area contributed by atoms with E-state index in [4.69, 9.17) is 0 Å². The molecule has 2 aromatic carbocycles. The second-order valence-corrected chi connectivity index (χ2v) is 6.66. The second-order valence-electron chi connectivity index (χ2n) is 5.55. The third-order valence-electron chi connectivity index (χ3n) is 3.83. The zero-order valence-electron chi connectivity index (χ0n) is 11.1. The van der Waals surface area contributed by atoms with Crippen molar-refractivity contribution in [2.75, 3.05) is 0 Å². The van der Waals surface area contributed by atoms with Crippen LogP contribution in [0.15, 0.2) is 54.6 Å². The van der Waals surface area contributed by atoms with E-state index < -0.39 is 0 Å². The molecule has 0 amide bonds. The molecule has 1 heteroatoms. The number of hydrogen-bond donors (Lipinski definition) is 0. The molecule has 1 unspecified atom stereocenters. The molecular weight excluding hydrogens is 296 g/mol. The molecule has 0 aliphatic heterocycles. The van der Waals surface area contributed by atoms with E-state index in [2.05, 4.69) is 70.5 Å². The Morgan fingerprint density at radius 3 is 2.16 bits per heavy atom. The van der Waals surface area contributed by atoms with Crippen LogP contribution < -0.4 is 0 Å². The molecule has 0 saturated heterocycles. The van der Waals surface area contributed by atoms with Gasteiger partial charge in [0, 0.05) is 4.83 Å². The van der Waals surface area contributed by atoms with E-state index in [0.717, 1.165) is 12.3 Å². The Morgan fingerprint density at radius 2 is 1.53 bits per heavy atom. The normalized spacial score (nSPS) is 16.3. The van der Waals surface area contributed by atoms with E-state index in [0.29, 0.717) is 4.83 Å². The minimum atomic E-state index is 0.533. The minimum Gasteiger partial charge on any atom is -0.0839 e. The van der Waals surface area contributed by atoms with Crippen LogP contribution in [0.1, 0.15) is 40.8 Å². The molecule has 1 aliphatic rings. The molecule has 2 aromatic rings. The molecule has 1 fully saturated rings. The van der Waals surface area contributed by atoms with Crippen LogP contribution in [0.25, 0.3) is 0 Å². The molecule has 1 saturated carbocycles. The van der Waals surface area contributed by atoms with Gasteiger partial charge in [-0.05, 0) is 35.4 Å². The van der Waals surface area contributed by atoms with Gasteiger partial charge in [0.1, 0.15) is 0 Å². The molecule has 0 spiro atoms. The van der Waals surface area contributed by atoms with Crippen LogP contribution in [-0.2, 0) is 6.42 Å². The lowest BCUT2D eigenvalue weighted by Gasteiger charge is -2.10. The third kappa shape index (κ3) is 3.70. The molecule has 0 N–H and O–H groups in total. The molecule has 19 heavy (non-hydrogen) atoms. The van der Waals surface area contributed by atoms with E-state index in [1.54, 1.807) is 0 Å². The van der Waals surface area contributed by atoms with Crippen LogP contribution in [0.5, 0.6) is 0 Å². The van der Waals surface area contributed by atoms with Gasteiger partial charge in [0.05, 0.1) is 0 Å². The highest BCUT2D eigenvalue weighted by molar-refractivity contribution is 9.09. The van der Waals surface area contributed by atoms with E-state index in [1.165, 1.54) is 36.0 Å². The molecule has 0 bridgehead atoms. The Kier molecular flexibility index (Phi) is 4.03. The summed E-state index contributed by atoms with van der Waals surface area (Å²) < 4.78 is 0. The van der Waals surface area contributed by atoms with Crippen molar-refractivity contribution in [1.29, 1.82) is 0 Å². The number of alkyl halides is 1. The number of benzene rings is 2. The highest BCUT2D eigenvalue weighted by Crippen LogP contribution is 2.41. The molecule has 3 rings (SSSR count). The quantitative estimate of drug-likeness (QED) is 0.638. The molecule has 98 valence electrons. The second kappa shape index (κ2) is 5.92. The van der Waals surface area contributed by atoms with Crippen molar-refractivity contribution >= 4 is 15.9 Å². The summed E-state index contributed by atoms with van der Waals surface area (Å²) in [5.41, 5.74) is 4.19. The van der Waals surface area contributed by atoms with Gasteiger partial charge in [-0.2, -0.15) is 0 Å². The van der Waals surface area contributed by atoms with Crippen LogP contribution in [0.3, 0.4) is 0 Å². The fraction of sp³-hybridized carbons (Fsp3) is 0.333. The van der Waals surface area contributed by atoms with Crippen LogP contribution in [-0.4, -0.2) is 0 Å². The summed E-state index contributed by atoms with van der Waals surface area (Å²) in [4.78, 5) is 0.533. The summed E-state index contributed by atoms with van der Waals surface area (Å²) >= 11 is 3.82. The summed E-state index contributed by atoms with van der Waals surface area (Å²) in [6.07, 6.45) is 5.16. The van der Waals surface area contributed by atoms with E-state index >= 15 is 0 Å². The van der Waals surface area contributed by atoms with E-state index in [1.807, 2.05) is 0 Å². The SMILES string of the molecule is BrC(CC1CC1)c1ccc(Cc2ccccc2)cc1. The summed E-state index contributed by atoms with van der Waals surface area (Å²) in [6.45, 7) is 0. The van der Waals surface area contributed by atoms with Crippen molar-refractivity contribution in [3.05, 3.63) is 71.3 Å².